The third-order valence-electron chi connectivity index (χ3n) is 3.95. The lowest BCUT2D eigenvalue weighted by molar-refractivity contribution is 0.610. The molecule has 1 N–H and O–H groups in total. The summed E-state index contributed by atoms with van der Waals surface area (Å²) in [6.07, 6.45) is 5.94. The number of hydrogen-bond donors (Lipinski definition) is 1. The van der Waals surface area contributed by atoms with Crippen molar-refractivity contribution in [1.82, 2.24) is 10.3 Å². The van der Waals surface area contributed by atoms with E-state index in [0.717, 1.165) is 29.8 Å². The Hall–Kier alpha value is -1.74. The average molecular weight is 284 g/mol. The van der Waals surface area contributed by atoms with Gasteiger partial charge in [-0.2, -0.15) is 0 Å². The maximum Gasteiger partial charge on any atom is 0.126 e. The third-order valence-corrected chi connectivity index (χ3v) is 3.95. The first-order chi connectivity index (χ1) is 10.2. The average Bonchev–Trinajstić information content (AvgIpc) is 3.33. The molecule has 110 valence electrons. The van der Waals surface area contributed by atoms with Crippen molar-refractivity contribution in [1.29, 1.82) is 0 Å². The van der Waals surface area contributed by atoms with Gasteiger partial charge in [0.05, 0.1) is 0 Å². The molecule has 1 aliphatic rings. The van der Waals surface area contributed by atoms with Gasteiger partial charge in [0.1, 0.15) is 5.82 Å². The zero-order valence-electron chi connectivity index (χ0n) is 12.4. The zero-order chi connectivity index (χ0) is 14.7. The number of benzene rings is 1. The van der Waals surface area contributed by atoms with Crippen LogP contribution in [0.2, 0.25) is 0 Å². The van der Waals surface area contributed by atoms with Crippen LogP contribution in [0.4, 0.5) is 4.39 Å². The highest BCUT2D eigenvalue weighted by Crippen LogP contribution is 2.20. The SMILES string of the molecule is CCc1ccc(Cc2cc(CNC3CC3)ccc2F)nc1. The first-order valence-corrected chi connectivity index (χ1v) is 7.69. The van der Waals surface area contributed by atoms with E-state index >= 15 is 0 Å². The number of nitrogens with zero attached hydrogens (tertiary/aromatic N) is 1. The summed E-state index contributed by atoms with van der Waals surface area (Å²) < 4.78 is 14.0. The van der Waals surface area contributed by atoms with Crippen LogP contribution in [0.15, 0.2) is 36.5 Å². The molecule has 0 bridgehead atoms. The van der Waals surface area contributed by atoms with Gasteiger partial charge >= 0.3 is 0 Å². The third kappa shape index (κ3) is 3.88. The van der Waals surface area contributed by atoms with Crippen LogP contribution in [0.1, 0.15) is 42.1 Å². The molecule has 1 fully saturated rings. The fraction of sp³-hybridized carbons (Fsp3) is 0.389. The van der Waals surface area contributed by atoms with Crippen LogP contribution in [0.25, 0.3) is 0 Å². The maximum absolute atomic E-state index is 14.0. The van der Waals surface area contributed by atoms with Gasteiger partial charge in [0.15, 0.2) is 0 Å². The van der Waals surface area contributed by atoms with E-state index in [2.05, 4.69) is 23.3 Å². The van der Waals surface area contributed by atoms with E-state index in [1.54, 1.807) is 6.07 Å². The monoisotopic (exact) mass is 284 g/mol. The number of aromatic nitrogens is 1. The van der Waals surface area contributed by atoms with Gasteiger partial charge in [0.25, 0.3) is 0 Å². The van der Waals surface area contributed by atoms with Crippen LogP contribution in [0.3, 0.4) is 0 Å². The molecule has 2 aromatic rings. The van der Waals surface area contributed by atoms with Gasteiger partial charge < -0.3 is 5.32 Å². The van der Waals surface area contributed by atoms with Gasteiger partial charge in [-0.15, -0.1) is 0 Å². The minimum absolute atomic E-state index is 0.147. The molecule has 3 rings (SSSR count). The summed E-state index contributed by atoms with van der Waals surface area (Å²) in [4.78, 5) is 4.42. The molecule has 0 radical (unpaired) electrons. The van der Waals surface area contributed by atoms with Gasteiger partial charge in [-0.25, -0.2) is 4.39 Å². The molecule has 1 heterocycles. The van der Waals surface area contributed by atoms with E-state index in [0.29, 0.717) is 12.5 Å². The molecule has 1 aliphatic carbocycles. The van der Waals surface area contributed by atoms with Crippen LogP contribution in [-0.2, 0) is 19.4 Å². The largest absolute Gasteiger partial charge is 0.310 e. The highest BCUT2D eigenvalue weighted by atomic mass is 19.1. The fourth-order valence-corrected chi connectivity index (χ4v) is 2.39. The number of hydrogen-bond acceptors (Lipinski definition) is 2. The zero-order valence-corrected chi connectivity index (χ0v) is 12.4. The van der Waals surface area contributed by atoms with Gasteiger partial charge in [-0.1, -0.05) is 25.1 Å². The molecule has 0 unspecified atom stereocenters. The summed E-state index contributed by atoms with van der Waals surface area (Å²) in [5.74, 6) is -0.147. The number of halogens is 1. The van der Waals surface area contributed by atoms with Crippen molar-refractivity contribution in [3.8, 4) is 0 Å². The van der Waals surface area contributed by atoms with Crippen LogP contribution < -0.4 is 5.32 Å². The van der Waals surface area contributed by atoms with Gasteiger partial charge in [-0.05, 0) is 48.1 Å². The van der Waals surface area contributed by atoms with Gasteiger partial charge in [0.2, 0.25) is 0 Å². The van der Waals surface area contributed by atoms with Crippen molar-refractivity contribution in [2.75, 3.05) is 0 Å². The minimum Gasteiger partial charge on any atom is -0.310 e. The molecule has 2 nitrogen and oxygen atoms in total. The Labute approximate surface area is 125 Å². The second-order valence-corrected chi connectivity index (χ2v) is 5.77. The number of rotatable bonds is 6. The Kier molecular flexibility index (Phi) is 4.30. The summed E-state index contributed by atoms with van der Waals surface area (Å²) in [5, 5.41) is 3.46. The lowest BCUT2D eigenvalue weighted by Crippen LogP contribution is -2.15. The number of pyridine rings is 1. The highest BCUT2D eigenvalue weighted by Gasteiger charge is 2.20. The molecule has 0 saturated heterocycles. The lowest BCUT2D eigenvalue weighted by atomic mass is 10.0. The molecule has 0 atom stereocenters. The Bertz CT molecular complexity index is 603. The minimum atomic E-state index is -0.147. The lowest BCUT2D eigenvalue weighted by Gasteiger charge is -2.08. The molecule has 0 amide bonds. The summed E-state index contributed by atoms with van der Waals surface area (Å²) in [7, 11) is 0. The van der Waals surface area contributed by atoms with E-state index in [9.17, 15) is 4.39 Å². The molecular formula is C18H21FN2. The molecule has 3 heteroatoms. The predicted octanol–water partition coefficient (Wildman–Crippen LogP) is 3.63. The summed E-state index contributed by atoms with van der Waals surface area (Å²) in [5.41, 5.74) is 3.99. The fourth-order valence-electron chi connectivity index (χ4n) is 2.39. The maximum atomic E-state index is 14.0. The van der Waals surface area contributed by atoms with Crippen LogP contribution in [0.5, 0.6) is 0 Å². The molecular weight excluding hydrogens is 263 g/mol. The van der Waals surface area contributed by atoms with Crippen molar-refractivity contribution in [2.45, 2.75) is 45.2 Å². The van der Waals surface area contributed by atoms with E-state index < -0.39 is 0 Å². The van der Waals surface area contributed by atoms with Gasteiger partial charge in [-0.3, -0.25) is 4.98 Å². The Morgan fingerprint density at radius 2 is 2.00 bits per heavy atom. The topological polar surface area (TPSA) is 24.9 Å². The summed E-state index contributed by atoms with van der Waals surface area (Å²) in [6.45, 7) is 2.92. The second kappa shape index (κ2) is 6.35. The second-order valence-electron chi connectivity index (χ2n) is 5.77. The molecule has 0 spiro atoms. The normalized spacial score (nSPS) is 14.4. The Morgan fingerprint density at radius 3 is 2.67 bits per heavy atom. The van der Waals surface area contributed by atoms with Crippen molar-refractivity contribution in [3.63, 3.8) is 0 Å². The quantitative estimate of drug-likeness (QED) is 0.876. The first kappa shape index (κ1) is 14.2. The molecule has 1 aromatic carbocycles. The summed E-state index contributed by atoms with van der Waals surface area (Å²) in [6, 6.07) is 10.1. The Morgan fingerprint density at radius 1 is 1.19 bits per heavy atom. The van der Waals surface area contributed by atoms with Crippen LogP contribution in [0, 0.1) is 5.82 Å². The van der Waals surface area contributed by atoms with Crippen molar-refractivity contribution < 1.29 is 4.39 Å². The van der Waals surface area contributed by atoms with E-state index in [-0.39, 0.29) is 5.82 Å². The molecule has 21 heavy (non-hydrogen) atoms. The standard InChI is InChI=1S/C18H21FN2/c1-2-13-3-5-17(21-11-13)10-15-9-14(4-8-18(15)19)12-20-16-6-7-16/h3-5,8-9,11,16,20H,2,6-7,10,12H2,1H3. The van der Waals surface area contributed by atoms with E-state index in [4.69, 9.17) is 0 Å². The first-order valence-electron chi connectivity index (χ1n) is 7.69. The van der Waals surface area contributed by atoms with E-state index in [1.807, 2.05) is 24.4 Å². The van der Waals surface area contributed by atoms with Crippen LogP contribution in [-0.4, -0.2) is 11.0 Å². The van der Waals surface area contributed by atoms with Crippen molar-refractivity contribution >= 4 is 0 Å². The Balaban J connectivity index is 1.71. The van der Waals surface area contributed by atoms with Gasteiger partial charge in [0, 0.05) is 30.9 Å². The highest BCUT2D eigenvalue weighted by molar-refractivity contribution is 5.29. The predicted molar refractivity (Wildman–Crippen MR) is 82.7 cm³/mol. The van der Waals surface area contributed by atoms with Crippen molar-refractivity contribution in [2.24, 2.45) is 0 Å². The molecule has 0 aliphatic heterocycles. The summed E-state index contributed by atoms with van der Waals surface area (Å²) >= 11 is 0. The van der Waals surface area contributed by atoms with E-state index in [1.165, 1.54) is 18.4 Å². The van der Waals surface area contributed by atoms with Crippen molar-refractivity contribution in [3.05, 3.63) is 64.7 Å². The smallest absolute Gasteiger partial charge is 0.126 e. The molecule has 1 saturated carbocycles. The van der Waals surface area contributed by atoms with Crippen LogP contribution >= 0.6 is 0 Å². The number of nitrogens with one attached hydrogen (secondary N) is 1. The molecule has 1 aromatic heterocycles. The number of aryl methyl sites for hydroxylation is 1.